The first-order chi connectivity index (χ1) is 28.9. The number of amides is 9. The van der Waals surface area contributed by atoms with Gasteiger partial charge in [-0.15, -0.1) is 12.4 Å². The molecule has 6 rings (SSSR count). The molecule has 3 saturated heterocycles. The van der Waals surface area contributed by atoms with Gasteiger partial charge < -0.3 is 52.0 Å². The van der Waals surface area contributed by atoms with Gasteiger partial charge in [-0.05, 0) is 42.8 Å². The molecule has 328 valence electrons. The van der Waals surface area contributed by atoms with Crippen LogP contribution in [0.3, 0.4) is 0 Å². The lowest BCUT2D eigenvalue weighted by molar-refractivity contribution is -0.142. The fourth-order valence-corrected chi connectivity index (χ4v) is 8.90. The first kappa shape index (κ1) is 46.3. The van der Waals surface area contributed by atoms with Crippen molar-refractivity contribution in [2.45, 2.75) is 62.0 Å². The summed E-state index contributed by atoms with van der Waals surface area (Å²) in [7, 11) is 0. The Bertz CT molecular complexity index is 1960. The molecule has 4 atom stereocenters. The molecular weight excluding hydrogens is 852 g/mol. The third kappa shape index (κ3) is 13.4. The number of nitrogens with zero attached hydrogens (tertiary/aromatic N) is 4. The Labute approximate surface area is 367 Å². The van der Waals surface area contributed by atoms with Crippen LogP contribution in [0.15, 0.2) is 48.9 Å². The van der Waals surface area contributed by atoms with E-state index in [0.717, 1.165) is 47.6 Å². The number of fused-ring (bicyclic) bond motifs is 1. The topological polar surface area (TPSA) is 259 Å². The predicted molar refractivity (Wildman–Crippen MR) is 230 cm³/mol. The lowest BCUT2D eigenvalue weighted by Crippen LogP contribution is -2.55. The molecule has 1 aromatic heterocycles. The van der Waals surface area contributed by atoms with E-state index in [2.05, 4.69) is 47.2 Å². The molecule has 20 nitrogen and oxygen atoms in total. The van der Waals surface area contributed by atoms with Crippen LogP contribution in [-0.2, 0) is 46.5 Å². The molecule has 3 fully saturated rings. The van der Waals surface area contributed by atoms with Crippen LogP contribution in [0.25, 0.3) is 0 Å². The van der Waals surface area contributed by atoms with Crippen LogP contribution in [0.4, 0.5) is 10.5 Å². The van der Waals surface area contributed by atoms with Gasteiger partial charge in [-0.3, -0.25) is 38.5 Å². The van der Waals surface area contributed by atoms with Crippen LogP contribution >= 0.6 is 36.4 Å². The van der Waals surface area contributed by atoms with Gasteiger partial charge in [0.25, 0.3) is 11.8 Å². The van der Waals surface area contributed by atoms with Crippen molar-refractivity contribution in [1.82, 2.24) is 56.6 Å². The van der Waals surface area contributed by atoms with E-state index in [4.69, 9.17) is 12.2 Å². The number of benzene rings is 1. The van der Waals surface area contributed by atoms with E-state index in [1.165, 1.54) is 16.1 Å². The number of piperazine rings is 1. The number of thioether (sulfide) groups is 1. The third-order valence-corrected chi connectivity index (χ3v) is 12.1. The summed E-state index contributed by atoms with van der Waals surface area (Å²) in [4.78, 5) is 109. The third-order valence-electron chi connectivity index (χ3n) is 10.4. The van der Waals surface area contributed by atoms with Crippen molar-refractivity contribution in [1.29, 1.82) is 0 Å². The second kappa shape index (κ2) is 22.2. The number of halogens is 1. The fourth-order valence-electron chi connectivity index (χ4n) is 7.10. The van der Waals surface area contributed by atoms with E-state index >= 15 is 0 Å². The van der Waals surface area contributed by atoms with Gasteiger partial charge in [0.15, 0.2) is 5.11 Å². The van der Waals surface area contributed by atoms with E-state index in [1.807, 2.05) is 36.0 Å². The summed E-state index contributed by atoms with van der Waals surface area (Å²) in [6.45, 7) is 0.120. The first-order valence-corrected chi connectivity index (χ1v) is 21.1. The number of aromatic nitrogens is 2. The molecule has 0 spiro atoms. The van der Waals surface area contributed by atoms with Gasteiger partial charge in [0, 0.05) is 86.3 Å². The largest absolute Gasteiger partial charge is 0.352 e. The zero-order valence-corrected chi connectivity index (χ0v) is 35.6. The van der Waals surface area contributed by atoms with Gasteiger partial charge in [-0.1, -0.05) is 18.6 Å². The Morgan fingerprint density at radius 1 is 0.869 bits per heavy atom. The average Bonchev–Trinajstić information content (AvgIpc) is 4.04. The highest BCUT2D eigenvalue weighted by molar-refractivity contribution is 8.00. The Morgan fingerprint density at radius 2 is 1.54 bits per heavy atom. The molecule has 0 aliphatic carbocycles. The molecule has 4 aliphatic rings. The van der Waals surface area contributed by atoms with Gasteiger partial charge in [-0.25, -0.2) is 9.78 Å². The number of hydrogen-bond donors (Lipinski definition) is 8. The first-order valence-electron chi connectivity index (χ1n) is 19.6. The molecule has 4 aliphatic heterocycles. The Hall–Kier alpha value is -5.74. The second-order valence-corrected chi connectivity index (χ2v) is 16.3. The molecule has 0 unspecified atom stereocenters. The number of anilines is 1. The molecule has 61 heavy (non-hydrogen) atoms. The number of H-pyrrole nitrogens is 1. The highest BCUT2D eigenvalue weighted by Gasteiger charge is 2.42. The van der Waals surface area contributed by atoms with Crippen LogP contribution in [0.5, 0.6) is 0 Å². The number of urea groups is 1. The van der Waals surface area contributed by atoms with Gasteiger partial charge in [-0.2, -0.15) is 11.8 Å². The monoisotopic (exact) mass is 900 g/mol. The summed E-state index contributed by atoms with van der Waals surface area (Å²) in [5, 5.41) is 20.6. The normalized spacial score (nSPS) is 19.6. The van der Waals surface area contributed by atoms with Crippen molar-refractivity contribution >= 4 is 94.6 Å². The maximum absolute atomic E-state index is 13.4. The highest BCUT2D eigenvalue weighted by Crippen LogP contribution is 2.33. The van der Waals surface area contributed by atoms with E-state index < -0.39 is 36.2 Å². The number of imide groups is 1. The van der Waals surface area contributed by atoms with Crippen molar-refractivity contribution in [3.63, 3.8) is 0 Å². The Kier molecular flexibility index (Phi) is 16.9. The summed E-state index contributed by atoms with van der Waals surface area (Å²) in [5.41, 5.74) is 2.22. The number of aromatic amines is 1. The lowest BCUT2D eigenvalue weighted by atomic mass is 10.0. The van der Waals surface area contributed by atoms with E-state index in [1.54, 1.807) is 6.20 Å². The number of rotatable bonds is 18. The summed E-state index contributed by atoms with van der Waals surface area (Å²) in [6, 6.07) is 6.74. The molecule has 23 heteroatoms. The van der Waals surface area contributed by atoms with Crippen molar-refractivity contribution in [2.75, 3.05) is 56.9 Å². The standard InChI is InChI=1S/C38H48N12O8S2.ClH/c51-29(4-2-1-3-28-35-27(21-60-28)45-37(58)47-35)40-16-23-5-7-24(8-6-23)44-38(59)46-26(15-25-17-39-22-43-25)36(57)42-19-34(56)49-13-11-48(12-14-49)33(55)18-41-30(52)20-50-31(53)9-10-32(50)54;/h5-10,17,22,26-28,35H,1-4,11-16,18-21H2,(H,39,43)(H,40,51)(H,41,52)(H,42,57)(H2,44,46,59)(H2,45,47,58);1H/t26-,27-,28-,35-;/m0./s1. The van der Waals surface area contributed by atoms with Crippen molar-refractivity contribution in [3.8, 4) is 0 Å². The molecule has 0 bridgehead atoms. The van der Waals surface area contributed by atoms with Gasteiger partial charge in [0.2, 0.25) is 29.5 Å². The zero-order chi connectivity index (χ0) is 42.6. The van der Waals surface area contributed by atoms with Crippen molar-refractivity contribution < 1.29 is 38.4 Å². The van der Waals surface area contributed by atoms with Gasteiger partial charge >= 0.3 is 6.03 Å². The summed E-state index contributed by atoms with van der Waals surface area (Å²) in [6.07, 6.45) is 8.46. The molecular formula is C38H49ClN12O8S2. The number of nitrogens with one attached hydrogen (secondary N) is 8. The molecule has 0 radical (unpaired) electrons. The quantitative estimate of drug-likeness (QED) is 0.0383. The number of hydrogen-bond acceptors (Lipinski definition) is 11. The Balaban J connectivity index is 0.00000704. The van der Waals surface area contributed by atoms with E-state index in [-0.39, 0.29) is 99.0 Å². The fraction of sp³-hybridized carbons (Fsp3) is 0.474. The number of unbranched alkanes of at least 4 members (excludes halogenated alkanes) is 1. The van der Waals surface area contributed by atoms with Crippen LogP contribution < -0.4 is 37.2 Å². The number of carbonyl (C=O) groups excluding carboxylic acids is 8. The van der Waals surface area contributed by atoms with E-state index in [0.29, 0.717) is 29.6 Å². The summed E-state index contributed by atoms with van der Waals surface area (Å²) >= 11 is 7.40. The minimum Gasteiger partial charge on any atom is -0.352 e. The Morgan fingerprint density at radius 3 is 2.20 bits per heavy atom. The molecule has 5 heterocycles. The molecule has 1 aromatic carbocycles. The van der Waals surface area contributed by atoms with Crippen molar-refractivity contribution in [2.24, 2.45) is 0 Å². The lowest BCUT2D eigenvalue weighted by Gasteiger charge is -2.35. The maximum Gasteiger partial charge on any atom is 0.315 e. The minimum absolute atomic E-state index is 0. The smallest absolute Gasteiger partial charge is 0.315 e. The average molecular weight is 901 g/mol. The van der Waals surface area contributed by atoms with Crippen LogP contribution in [0, 0.1) is 0 Å². The summed E-state index contributed by atoms with van der Waals surface area (Å²) in [5.74, 6) is -2.16. The molecule has 8 N–H and O–H groups in total. The van der Waals surface area contributed by atoms with Crippen molar-refractivity contribution in [3.05, 3.63) is 60.2 Å². The number of thiocarbonyl (C=S) groups is 1. The predicted octanol–water partition coefficient (Wildman–Crippen LogP) is -1.10. The molecule has 9 amide bonds. The number of imidazole rings is 1. The SMILES string of the molecule is Cl.O=C(CCCC[C@@H]1SC[C@@H]2NC(=O)N[C@@H]21)NCc1ccc(NC(=S)N[C@@H](Cc2cnc[nH]2)C(=O)NCC(=O)N2CCN(C(=O)CNC(=O)CN3C(=O)C=CC3=O)CC2)cc1. The van der Waals surface area contributed by atoms with Gasteiger partial charge in [0.1, 0.15) is 12.6 Å². The van der Waals surface area contributed by atoms with Crippen LogP contribution in [0.2, 0.25) is 0 Å². The maximum atomic E-state index is 13.4. The minimum atomic E-state index is -0.871. The van der Waals surface area contributed by atoms with Crippen LogP contribution in [0.1, 0.15) is 36.9 Å². The molecule has 0 saturated carbocycles. The zero-order valence-electron chi connectivity index (χ0n) is 33.1. The van der Waals surface area contributed by atoms with E-state index in [9.17, 15) is 38.4 Å². The molecule has 2 aromatic rings. The second-order valence-electron chi connectivity index (χ2n) is 14.6. The highest BCUT2D eigenvalue weighted by atomic mass is 35.5. The number of carbonyl (C=O) groups is 8. The van der Waals surface area contributed by atoms with Crippen LogP contribution in [-0.4, -0.2) is 152 Å². The summed E-state index contributed by atoms with van der Waals surface area (Å²) < 4.78 is 0. The van der Waals surface area contributed by atoms with Gasteiger partial charge in [0.05, 0.1) is 31.5 Å².